The minimum absolute atomic E-state index is 0.534. The first-order valence-electron chi connectivity index (χ1n) is 5.11. The molecule has 68 valence electrons. The Kier molecular flexibility index (Phi) is 1.25. The van der Waals surface area contributed by atoms with Gasteiger partial charge in [0.25, 0.3) is 0 Å². The molecular formula is C10H17NO. The highest BCUT2D eigenvalue weighted by Gasteiger charge is 2.69. The van der Waals surface area contributed by atoms with E-state index >= 15 is 0 Å². The Morgan fingerprint density at radius 3 is 2.42 bits per heavy atom. The molecule has 1 aliphatic heterocycles. The van der Waals surface area contributed by atoms with E-state index in [2.05, 4.69) is 5.32 Å². The zero-order valence-corrected chi connectivity index (χ0v) is 7.73. The molecule has 2 atom stereocenters. The van der Waals surface area contributed by atoms with Gasteiger partial charge in [0.2, 0.25) is 0 Å². The monoisotopic (exact) mass is 167 g/mol. The van der Waals surface area contributed by atoms with Crippen molar-refractivity contribution in [3.8, 4) is 0 Å². The zero-order chi connectivity index (χ0) is 8.23. The Hall–Kier alpha value is -0.0800. The summed E-state index contributed by atoms with van der Waals surface area (Å²) >= 11 is 0. The molecule has 2 unspecified atom stereocenters. The number of fused-ring (bicyclic) bond motifs is 1. The Morgan fingerprint density at radius 2 is 2.08 bits per heavy atom. The van der Waals surface area contributed by atoms with E-state index < -0.39 is 0 Å². The summed E-state index contributed by atoms with van der Waals surface area (Å²) in [5.74, 6) is 0. The third kappa shape index (κ3) is 0.549. The lowest BCUT2D eigenvalue weighted by molar-refractivity contribution is -0.232. The largest absolute Gasteiger partial charge is 0.381 e. The second kappa shape index (κ2) is 2.05. The summed E-state index contributed by atoms with van der Waals surface area (Å²) in [6, 6.07) is 0. The van der Waals surface area contributed by atoms with Crippen LogP contribution in [0.1, 0.15) is 32.1 Å². The molecule has 3 fully saturated rings. The molecule has 0 amide bonds. The Bertz CT molecular complexity index is 206. The van der Waals surface area contributed by atoms with Gasteiger partial charge in [-0.1, -0.05) is 6.42 Å². The van der Waals surface area contributed by atoms with Gasteiger partial charge in [-0.3, -0.25) is 0 Å². The minimum atomic E-state index is 0.534. The van der Waals surface area contributed by atoms with E-state index in [1.165, 1.54) is 38.6 Å². The highest BCUT2D eigenvalue weighted by atomic mass is 16.5. The van der Waals surface area contributed by atoms with Gasteiger partial charge in [0.05, 0.1) is 6.10 Å². The van der Waals surface area contributed by atoms with Crippen molar-refractivity contribution >= 4 is 0 Å². The second-order valence-electron chi connectivity index (χ2n) is 4.70. The van der Waals surface area contributed by atoms with Crippen LogP contribution in [0.15, 0.2) is 0 Å². The highest BCUT2D eigenvalue weighted by Crippen LogP contribution is 2.65. The number of methoxy groups -OCH3 is 1. The SMILES string of the molecule is COC1CC2(CCN2)C12CCC2. The standard InChI is InChI=1S/C10H17NO/c1-12-8-7-10(5-6-11-10)9(8)3-2-4-9/h8,11H,2-7H2,1H3. The number of nitrogens with one attached hydrogen (secondary N) is 1. The summed E-state index contributed by atoms with van der Waals surface area (Å²) in [6.07, 6.45) is 7.45. The van der Waals surface area contributed by atoms with E-state index in [4.69, 9.17) is 4.74 Å². The molecule has 1 heterocycles. The fourth-order valence-electron chi connectivity index (χ4n) is 3.59. The van der Waals surface area contributed by atoms with Crippen LogP contribution < -0.4 is 5.32 Å². The van der Waals surface area contributed by atoms with Gasteiger partial charge in [-0.05, 0) is 32.2 Å². The molecule has 12 heavy (non-hydrogen) atoms. The predicted molar refractivity (Wildman–Crippen MR) is 47.0 cm³/mol. The van der Waals surface area contributed by atoms with Crippen LogP contribution in [0.4, 0.5) is 0 Å². The number of ether oxygens (including phenoxy) is 1. The molecule has 2 saturated carbocycles. The van der Waals surface area contributed by atoms with Gasteiger partial charge in [-0.25, -0.2) is 0 Å². The molecule has 0 bridgehead atoms. The quantitative estimate of drug-likeness (QED) is 0.635. The molecule has 2 heteroatoms. The van der Waals surface area contributed by atoms with Crippen molar-refractivity contribution in [3.63, 3.8) is 0 Å². The Labute approximate surface area is 73.7 Å². The maximum absolute atomic E-state index is 5.54. The molecule has 2 spiro atoms. The third-order valence-electron chi connectivity index (χ3n) is 4.65. The molecule has 0 aromatic rings. The van der Waals surface area contributed by atoms with Gasteiger partial charge in [0.15, 0.2) is 0 Å². The van der Waals surface area contributed by atoms with Crippen LogP contribution in [0, 0.1) is 5.41 Å². The van der Waals surface area contributed by atoms with E-state index in [1.807, 2.05) is 7.11 Å². The molecule has 0 aromatic carbocycles. The molecule has 3 rings (SSSR count). The van der Waals surface area contributed by atoms with Crippen LogP contribution in [-0.4, -0.2) is 25.3 Å². The van der Waals surface area contributed by atoms with Crippen LogP contribution in [0.25, 0.3) is 0 Å². The average Bonchev–Trinajstić information content (AvgIpc) is 1.79. The smallest absolute Gasteiger partial charge is 0.0663 e. The number of rotatable bonds is 1. The zero-order valence-electron chi connectivity index (χ0n) is 7.73. The van der Waals surface area contributed by atoms with E-state index in [9.17, 15) is 0 Å². The van der Waals surface area contributed by atoms with E-state index in [0.717, 1.165) is 0 Å². The van der Waals surface area contributed by atoms with Crippen molar-refractivity contribution in [2.45, 2.75) is 43.7 Å². The van der Waals surface area contributed by atoms with Crippen molar-refractivity contribution < 1.29 is 4.74 Å². The molecule has 3 aliphatic rings. The van der Waals surface area contributed by atoms with E-state index in [1.54, 1.807) is 0 Å². The van der Waals surface area contributed by atoms with Crippen LogP contribution in [0.2, 0.25) is 0 Å². The van der Waals surface area contributed by atoms with Crippen LogP contribution >= 0.6 is 0 Å². The maximum Gasteiger partial charge on any atom is 0.0663 e. The number of hydrogen-bond acceptors (Lipinski definition) is 2. The van der Waals surface area contributed by atoms with Gasteiger partial charge in [0.1, 0.15) is 0 Å². The van der Waals surface area contributed by atoms with Crippen molar-refractivity contribution in [1.82, 2.24) is 5.32 Å². The van der Waals surface area contributed by atoms with Gasteiger partial charge < -0.3 is 10.1 Å². The molecule has 0 aromatic heterocycles. The molecule has 2 nitrogen and oxygen atoms in total. The second-order valence-corrected chi connectivity index (χ2v) is 4.70. The summed E-state index contributed by atoms with van der Waals surface area (Å²) in [4.78, 5) is 0. The fraction of sp³-hybridized carbons (Fsp3) is 1.00. The predicted octanol–water partition coefficient (Wildman–Crippen LogP) is 1.31. The van der Waals surface area contributed by atoms with Crippen LogP contribution in [0.5, 0.6) is 0 Å². The molecule has 1 N–H and O–H groups in total. The van der Waals surface area contributed by atoms with Crippen molar-refractivity contribution in [1.29, 1.82) is 0 Å². The first-order valence-corrected chi connectivity index (χ1v) is 5.11. The summed E-state index contributed by atoms with van der Waals surface area (Å²) in [5, 5.41) is 3.64. The third-order valence-corrected chi connectivity index (χ3v) is 4.65. The van der Waals surface area contributed by atoms with Crippen molar-refractivity contribution in [2.75, 3.05) is 13.7 Å². The fourth-order valence-corrected chi connectivity index (χ4v) is 3.59. The lowest BCUT2D eigenvalue weighted by atomic mass is 9.41. The van der Waals surface area contributed by atoms with Crippen LogP contribution in [0.3, 0.4) is 0 Å². The summed E-state index contributed by atoms with van der Waals surface area (Å²) in [6.45, 7) is 1.23. The topological polar surface area (TPSA) is 21.3 Å². The lowest BCUT2D eigenvalue weighted by Crippen LogP contribution is -2.81. The lowest BCUT2D eigenvalue weighted by Gasteiger charge is -2.72. The number of hydrogen-bond donors (Lipinski definition) is 1. The van der Waals surface area contributed by atoms with Gasteiger partial charge >= 0.3 is 0 Å². The normalized spacial score (nSPS) is 48.2. The molecular weight excluding hydrogens is 150 g/mol. The first-order chi connectivity index (χ1) is 5.83. The summed E-state index contributed by atoms with van der Waals surface area (Å²) in [5.41, 5.74) is 1.10. The average molecular weight is 167 g/mol. The molecule has 2 aliphatic carbocycles. The molecule has 0 radical (unpaired) electrons. The van der Waals surface area contributed by atoms with Gasteiger partial charge in [-0.2, -0.15) is 0 Å². The maximum atomic E-state index is 5.54. The molecule has 1 saturated heterocycles. The van der Waals surface area contributed by atoms with Crippen molar-refractivity contribution in [3.05, 3.63) is 0 Å². The van der Waals surface area contributed by atoms with Gasteiger partial charge in [0, 0.05) is 18.1 Å². The first kappa shape index (κ1) is 7.34. The Balaban J connectivity index is 1.83. The summed E-state index contributed by atoms with van der Waals surface area (Å²) < 4.78 is 5.54. The van der Waals surface area contributed by atoms with Crippen molar-refractivity contribution in [2.24, 2.45) is 5.41 Å². The summed E-state index contributed by atoms with van der Waals surface area (Å²) in [7, 11) is 1.87. The van der Waals surface area contributed by atoms with Gasteiger partial charge in [-0.15, -0.1) is 0 Å². The highest BCUT2D eigenvalue weighted by molar-refractivity contribution is 5.25. The minimum Gasteiger partial charge on any atom is -0.381 e. The van der Waals surface area contributed by atoms with Crippen LogP contribution in [-0.2, 0) is 4.74 Å². The van der Waals surface area contributed by atoms with E-state index in [0.29, 0.717) is 17.1 Å². The Morgan fingerprint density at radius 1 is 1.33 bits per heavy atom. The van der Waals surface area contributed by atoms with E-state index in [-0.39, 0.29) is 0 Å².